The van der Waals surface area contributed by atoms with Gasteiger partial charge in [0.25, 0.3) is 0 Å². The van der Waals surface area contributed by atoms with E-state index in [0.717, 1.165) is 72.3 Å². The van der Waals surface area contributed by atoms with E-state index in [2.05, 4.69) is 44.2 Å². The van der Waals surface area contributed by atoms with Gasteiger partial charge in [-0.1, -0.05) is 30.7 Å². The van der Waals surface area contributed by atoms with E-state index in [-0.39, 0.29) is 12.2 Å². The van der Waals surface area contributed by atoms with Crippen molar-refractivity contribution in [3.8, 4) is 5.82 Å². The average Bonchev–Trinajstić information content (AvgIpc) is 3.30. The first kappa shape index (κ1) is 26.8. The summed E-state index contributed by atoms with van der Waals surface area (Å²) in [7, 11) is 2.13. The van der Waals surface area contributed by atoms with Crippen LogP contribution in [0.15, 0.2) is 54.9 Å². The third-order valence-corrected chi connectivity index (χ3v) is 7.34. The van der Waals surface area contributed by atoms with Crippen LogP contribution in [-0.2, 0) is 12.8 Å². The molecule has 9 heteroatoms. The van der Waals surface area contributed by atoms with E-state index in [1.54, 1.807) is 17.1 Å². The molecule has 3 heterocycles. The summed E-state index contributed by atoms with van der Waals surface area (Å²) in [4.78, 5) is 26.7. The third kappa shape index (κ3) is 6.29. The van der Waals surface area contributed by atoms with Gasteiger partial charge in [-0.15, -0.1) is 0 Å². The Hall–Kier alpha value is -3.75. The molecule has 0 saturated carbocycles. The van der Waals surface area contributed by atoms with Gasteiger partial charge in [-0.3, -0.25) is 4.79 Å². The maximum atomic E-state index is 13.4. The Balaban J connectivity index is 1.36. The molecular formula is C30H34ClN7O. The Labute approximate surface area is 234 Å². The highest BCUT2D eigenvalue weighted by Gasteiger charge is 2.18. The van der Waals surface area contributed by atoms with Crippen molar-refractivity contribution in [2.24, 2.45) is 0 Å². The minimum Gasteiger partial charge on any atom is -0.369 e. The van der Waals surface area contributed by atoms with E-state index in [1.165, 1.54) is 0 Å². The van der Waals surface area contributed by atoms with Crippen LogP contribution in [-0.4, -0.2) is 63.7 Å². The van der Waals surface area contributed by atoms with Gasteiger partial charge in [0.2, 0.25) is 0 Å². The fraction of sp³-hybridized carbons (Fsp3) is 0.333. The van der Waals surface area contributed by atoms with Crippen molar-refractivity contribution < 1.29 is 4.79 Å². The van der Waals surface area contributed by atoms with Crippen LogP contribution in [0, 0.1) is 13.8 Å². The molecule has 202 valence electrons. The van der Waals surface area contributed by atoms with E-state index in [1.807, 2.05) is 56.3 Å². The second-order valence-corrected chi connectivity index (χ2v) is 10.6. The van der Waals surface area contributed by atoms with E-state index >= 15 is 0 Å². The van der Waals surface area contributed by atoms with Crippen molar-refractivity contribution in [2.75, 3.05) is 43.4 Å². The number of carbonyl (C=O) groups is 1. The van der Waals surface area contributed by atoms with Crippen LogP contribution in [0.25, 0.3) is 5.82 Å². The topological polar surface area (TPSA) is 79.2 Å². The molecule has 39 heavy (non-hydrogen) atoms. The first-order chi connectivity index (χ1) is 18.8. The van der Waals surface area contributed by atoms with Gasteiger partial charge in [-0.05, 0) is 62.7 Å². The predicted octanol–water partition coefficient (Wildman–Crippen LogP) is 5.42. The standard InChI is InChI=1S/C30H34ClN7O/c1-5-25-18-29(33-19-32-25)38-30(12-21(3)35-38)34-27-13-22(7-6-20(27)2)14-28(39)23-15-24(31)17-26(16-23)37-10-8-36(4)9-11-37/h6-7,12-13,15-19,34H,5,8-11,14H2,1-4H3. The average molecular weight is 544 g/mol. The summed E-state index contributed by atoms with van der Waals surface area (Å²) in [6.07, 6.45) is 2.66. The number of hydrogen-bond donors (Lipinski definition) is 1. The summed E-state index contributed by atoms with van der Waals surface area (Å²) in [6.45, 7) is 9.87. The molecule has 1 aliphatic heterocycles. The van der Waals surface area contributed by atoms with Crippen molar-refractivity contribution in [3.63, 3.8) is 0 Å². The van der Waals surface area contributed by atoms with Crippen LogP contribution in [0.1, 0.15) is 39.8 Å². The number of ketones is 1. The van der Waals surface area contributed by atoms with Crippen molar-refractivity contribution in [1.82, 2.24) is 24.6 Å². The number of benzene rings is 2. The van der Waals surface area contributed by atoms with E-state index < -0.39 is 0 Å². The molecule has 0 spiro atoms. The molecule has 0 atom stereocenters. The Morgan fingerprint density at radius 2 is 1.79 bits per heavy atom. The van der Waals surface area contributed by atoms with Gasteiger partial charge in [0.1, 0.15) is 12.1 Å². The second-order valence-electron chi connectivity index (χ2n) is 10.2. The Kier molecular flexibility index (Phi) is 7.95. The SMILES string of the molecule is CCc1cc(-n2nc(C)cc2Nc2cc(CC(=O)c3cc(Cl)cc(N4CCN(C)CC4)c3)ccc2C)ncn1. The summed E-state index contributed by atoms with van der Waals surface area (Å²) in [5.41, 5.74) is 6.36. The summed E-state index contributed by atoms with van der Waals surface area (Å²) in [6, 6.07) is 15.7. The van der Waals surface area contributed by atoms with Crippen molar-refractivity contribution in [2.45, 2.75) is 33.6 Å². The second kappa shape index (κ2) is 11.6. The maximum Gasteiger partial charge on any atom is 0.167 e. The lowest BCUT2D eigenvalue weighted by Gasteiger charge is -2.34. The van der Waals surface area contributed by atoms with E-state index in [0.29, 0.717) is 16.4 Å². The minimum absolute atomic E-state index is 0.0386. The molecule has 0 aliphatic carbocycles. The number of aromatic nitrogens is 4. The van der Waals surface area contributed by atoms with Crippen LogP contribution >= 0.6 is 11.6 Å². The number of carbonyl (C=O) groups excluding carboxylic acids is 1. The fourth-order valence-corrected chi connectivity index (χ4v) is 5.01. The number of rotatable bonds is 8. The lowest BCUT2D eigenvalue weighted by Crippen LogP contribution is -2.44. The highest BCUT2D eigenvalue weighted by atomic mass is 35.5. The molecule has 0 radical (unpaired) electrons. The van der Waals surface area contributed by atoms with Gasteiger partial charge in [0.15, 0.2) is 11.6 Å². The number of likely N-dealkylation sites (N-methyl/N-ethyl adjacent to an activating group) is 1. The lowest BCUT2D eigenvalue weighted by molar-refractivity contribution is 0.0993. The first-order valence-electron chi connectivity index (χ1n) is 13.3. The Morgan fingerprint density at radius 1 is 1.00 bits per heavy atom. The Morgan fingerprint density at radius 3 is 2.56 bits per heavy atom. The number of aryl methyl sites for hydroxylation is 3. The van der Waals surface area contributed by atoms with Crippen LogP contribution in [0.5, 0.6) is 0 Å². The molecule has 2 aromatic heterocycles. The van der Waals surface area contributed by atoms with Crippen molar-refractivity contribution in [1.29, 1.82) is 0 Å². The van der Waals surface area contributed by atoms with Gasteiger partial charge in [0, 0.05) is 72.4 Å². The van der Waals surface area contributed by atoms with Gasteiger partial charge in [0.05, 0.1) is 5.69 Å². The lowest BCUT2D eigenvalue weighted by atomic mass is 10.0. The number of Topliss-reactive ketones (excluding diaryl/α,β-unsaturated/α-hetero) is 1. The molecule has 4 aromatic rings. The third-order valence-electron chi connectivity index (χ3n) is 7.12. The smallest absolute Gasteiger partial charge is 0.167 e. The Bertz CT molecular complexity index is 1490. The highest BCUT2D eigenvalue weighted by Crippen LogP contribution is 2.27. The molecule has 5 rings (SSSR count). The number of halogens is 1. The fourth-order valence-electron chi connectivity index (χ4n) is 4.78. The quantitative estimate of drug-likeness (QED) is 0.297. The highest BCUT2D eigenvalue weighted by molar-refractivity contribution is 6.31. The molecule has 1 saturated heterocycles. The summed E-state index contributed by atoms with van der Waals surface area (Å²) in [5.74, 6) is 1.54. The zero-order valence-electron chi connectivity index (χ0n) is 22.9. The molecule has 1 aliphatic rings. The molecule has 1 N–H and O–H groups in total. The predicted molar refractivity (Wildman–Crippen MR) is 157 cm³/mol. The first-order valence-corrected chi connectivity index (χ1v) is 13.7. The minimum atomic E-state index is 0.0386. The number of nitrogens with zero attached hydrogens (tertiary/aromatic N) is 6. The normalized spacial score (nSPS) is 14.0. The van der Waals surface area contributed by atoms with Gasteiger partial charge >= 0.3 is 0 Å². The van der Waals surface area contributed by atoms with Crippen molar-refractivity contribution in [3.05, 3.63) is 88.0 Å². The molecule has 1 fully saturated rings. The van der Waals surface area contributed by atoms with Crippen LogP contribution in [0.3, 0.4) is 0 Å². The maximum absolute atomic E-state index is 13.4. The molecule has 0 bridgehead atoms. The van der Waals surface area contributed by atoms with Crippen molar-refractivity contribution >= 4 is 34.6 Å². The number of piperazine rings is 1. The monoisotopic (exact) mass is 543 g/mol. The molecular weight excluding hydrogens is 510 g/mol. The van der Waals surface area contributed by atoms with Gasteiger partial charge < -0.3 is 15.1 Å². The zero-order chi connectivity index (χ0) is 27.5. The van der Waals surface area contributed by atoms with Crippen LogP contribution < -0.4 is 10.2 Å². The van der Waals surface area contributed by atoms with Crippen LogP contribution in [0.2, 0.25) is 5.02 Å². The summed E-state index contributed by atoms with van der Waals surface area (Å²) in [5, 5.41) is 8.74. The van der Waals surface area contributed by atoms with E-state index in [4.69, 9.17) is 11.6 Å². The molecule has 2 aromatic carbocycles. The zero-order valence-corrected chi connectivity index (χ0v) is 23.7. The number of hydrogen-bond acceptors (Lipinski definition) is 7. The molecule has 0 unspecified atom stereocenters. The number of nitrogens with one attached hydrogen (secondary N) is 1. The molecule has 8 nitrogen and oxygen atoms in total. The van der Waals surface area contributed by atoms with Crippen LogP contribution in [0.4, 0.5) is 17.2 Å². The summed E-state index contributed by atoms with van der Waals surface area (Å²) < 4.78 is 1.79. The van der Waals surface area contributed by atoms with Gasteiger partial charge in [-0.2, -0.15) is 9.78 Å². The largest absolute Gasteiger partial charge is 0.369 e. The molecule has 0 amide bonds. The summed E-state index contributed by atoms with van der Waals surface area (Å²) >= 11 is 6.45. The van der Waals surface area contributed by atoms with Gasteiger partial charge in [-0.25, -0.2) is 9.97 Å². The van der Waals surface area contributed by atoms with E-state index in [9.17, 15) is 4.79 Å². The number of anilines is 3.